The third kappa shape index (κ3) is 4.85. The highest BCUT2D eigenvalue weighted by molar-refractivity contribution is 5.91. The summed E-state index contributed by atoms with van der Waals surface area (Å²) in [5, 5.41) is 5.90. The normalized spacial score (nSPS) is 11.0. The van der Waals surface area contributed by atoms with Crippen molar-refractivity contribution in [2.24, 2.45) is 0 Å². The minimum atomic E-state index is -0.129. The van der Waals surface area contributed by atoms with Crippen LogP contribution in [0.5, 0.6) is 0 Å². The summed E-state index contributed by atoms with van der Waals surface area (Å²) in [5.41, 5.74) is 5.63. The van der Waals surface area contributed by atoms with Crippen molar-refractivity contribution in [1.29, 1.82) is 0 Å². The van der Waals surface area contributed by atoms with Crippen LogP contribution in [0.3, 0.4) is 0 Å². The molecule has 2 aromatic heterocycles. The quantitative estimate of drug-likeness (QED) is 0.490. The van der Waals surface area contributed by atoms with Gasteiger partial charge in [0.2, 0.25) is 11.9 Å². The van der Waals surface area contributed by atoms with E-state index in [0.717, 1.165) is 22.6 Å². The highest BCUT2D eigenvalue weighted by atomic mass is 16.1. The van der Waals surface area contributed by atoms with Crippen molar-refractivity contribution >= 4 is 17.9 Å². The van der Waals surface area contributed by atoms with E-state index in [0.29, 0.717) is 19.0 Å². The number of hydrogen-bond donors (Lipinski definition) is 2. The van der Waals surface area contributed by atoms with Crippen LogP contribution in [-0.2, 0) is 4.79 Å². The molecule has 1 amide bonds. The Bertz CT molecular complexity index is 959. The number of benzene rings is 1. The first kappa shape index (κ1) is 19.4. The second-order valence-electron chi connectivity index (χ2n) is 6.62. The number of anilines is 1. The molecule has 3 aromatic rings. The Kier molecular flexibility index (Phi) is 6.22. The van der Waals surface area contributed by atoms with Crippen LogP contribution in [0.1, 0.15) is 22.5 Å². The van der Waals surface area contributed by atoms with Crippen LogP contribution in [0.25, 0.3) is 11.8 Å². The summed E-state index contributed by atoms with van der Waals surface area (Å²) in [7, 11) is 0. The molecule has 0 bridgehead atoms. The molecule has 0 aliphatic heterocycles. The number of nitrogens with zero attached hydrogens (tertiary/aromatic N) is 3. The van der Waals surface area contributed by atoms with Gasteiger partial charge >= 0.3 is 0 Å². The van der Waals surface area contributed by atoms with E-state index in [-0.39, 0.29) is 5.91 Å². The molecule has 28 heavy (non-hydrogen) atoms. The fourth-order valence-electron chi connectivity index (χ4n) is 3.02. The number of nitrogens with one attached hydrogen (secondary N) is 2. The van der Waals surface area contributed by atoms with Crippen LogP contribution >= 0.6 is 0 Å². The summed E-state index contributed by atoms with van der Waals surface area (Å²) in [6.07, 6.45) is 6.77. The largest absolute Gasteiger partial charge is 0.352 e. The van der Waals surface area contributed by atoms with Crippen molar-refractivity contribution in [1.82, 2.24) is 19.9 Å². The van der Waals surface area contributed by atoms with Crippen molar-refractivity contribution in [2.75, 3.05) is 18.4 Å². The van der Waals surface area contributed by atoms with E-state index >= 15 is 0 Å². The predicted molar refractivity (Wildman–Crippen MR) is 113 cm³/mol. The van der Waals surface area contributed by atoms with E-state index in [2.05, 4.69) is 76.3 Å². The Labute approximate surface area is 165 Å². The molecule has 0 unspecified atom stereocenters. The predicted octanol–water partition coefficient (Wildman–Crippen LogP) is 3.43. The number of amides is 1. The zero-order valence-corrected chi connectivity index (χ0v) is 16.4. The lowest BCUT2D eigenvalue weighted by Gasteiger charge is -2.10. The van der Waals surface area contributed by atoms with Gasteiger partial charge in [0.1, 0.15) is 0 Å². The van der Waals surface area contributed by atoms with Crippen LogP contribution in [0.4, 0.5) is 5.95 Å². The summed E-state index contributed by atoms with van der Waals surface area (Å²) in [6.45, 7) is 7.26. The van der Waals surface area contributed by atoms with Crippen LogP contribution in [-0.4, -0.2) is 33.5 Å². The minimum Gasteiger partial charge on any atom is -0.352 e. The summed E-state index contributed by atoms with van der Waals surface area (Å²) in [4.78, 5) is 20.2. The van der Waals surface area contributed by atoms with Gasteiger partial charge in [0.05, 0.1) is 0 Å². The molecular weight excluding hydrogens is 350 g/mol. The van der Waals surface area contributed by atoms with Gasteiger partial charge in [0.15, 0.2) is 0 Å². The Balaban J connectivity index is 1.57. The lowest BCUT2D eigenvalue weighted by atomic mass is 10.2. The zero-order valence-electron chi connectivity index (χ0n) is 16.4. The van der Waals surface area contributed by atoms with Gasteiger partial charge in [0, 0.05) is 48.6 Å². The molecule has 0 atom stereocenters. The summed E-state index contributed by atoms with van der Waals surface area (Å²) in [5.74, 6) is 0.423. The maximum atomic E-state index is 12.1. The van der Waals surface area contributed by atoms with Crippen LogP contribution in [0.15, 0.2) is 54.9 Å². The Morgan fingerprint density at radius 2 is 1.79 bits per heavy atom. The Morgan fingerprint density at radius 1 is 1.07 bits per heavy atom. The van der Waals surface area contributed by atoms with Crippen LogP contribution in [0, 0.1) is 20.8 Å². The van der Waals surface area contributed by atoms with Gasteiger partial charge in [-0.05, 0) is 56.7 Å². The van der Waals surface area contributed by atoms with Gasteiger partial charge in [-0.1, -0.05) is 17.7 Å². The molecule has 1 aromatic carbocycles. The summed E-state index contributed by atoms with van der Waals surface area (Å²) >= 11 is 0. The first-order chi connectivity index (χ1) is 13.5. The average molecular weight is 375 g/mol. The van der Waals surface area contributed by atoms with Gasteiger partial charge < -0.3 is 15.2 Å². The van der Waals surface area contributed by atoms with Crippen molar-refractivity contribution < 1.29 is 4.79 Å². The summed E-state index contributed by atoms with van der Waals surface area (Å²) < 4.78 is 2.20. The molecule has 0 spiro atoms. The van der Waals surface area contributed by atoms with Crippen molar-refractivity contribution in [2.45, 2.75) is 20.8 Å². The summed E-state index contributed by atoms with van der Waals surface area (Å²) in [6, 6.07) is 12.3. The number of carbonyl (C=O) groups excluding carboxylic acids is 1. The number of carbonyl (C=O) groups is 1. The van der Waals surface area contributed by atoms with Crippen molar-refractivity contribution in [3.8, 4) is 5.69 Å². The number of aromatic nitrogens is 3. The SMILES string of the molecule is Cc1ccc(-n2c(C)cc(C=CC(=O)NCCNc3ncccn3)c2C)cc1. The van der Waals surface area contributed by atoms with Gasteiger partial charge in [-0.2, -0.15) is 0 Å². The first-order valence-corrected chi connectivity index (χ1v) is 9.27. The monoisotopic (exact) mass is 375 g/mol. The molecule has 2 heterocycles. The van der Waals surface area contributed by atoms with E-state index in [1.165, 1.54) is 5.56 Å². The second-order valence-corrected chi connectivity index (χ2v) is 6.62. The van der Waals surface area contributed by atoms with E-state index in [1.807, 2.05) is 6.08 Å². The van der Waals surface area contributed by atoms with Gasteiger partial charge in [-0.15, -0.1) is 0 Å². The topological polar surface area (TPSA) is 71.8 Å². The molecular formula is C22H25N5O. The first-order valence-electron chi connectivity index (χ1n) is 9.27. The molecule has 0 radical (unpaired) electrons. The molecule has 6 heteroatoms. The Morgan fingerprint density at radius 3 is 2.50 bits per heavy atom. The zero-order chi connectivity index (χ0) is 19.9. The third-order valence-corrected chi connectivity index (χ3v) is 4.45. The average Bonchev–Trinajstić information content (AvgIpc) is 2.98. The molecule has 0 fully saturated rings. The number of hydrogen-bond acceptors (Lipinski definition) is 4. The third-order valence-electron chi connectivity index (χ3n) is 4.45. The molecule has 2 N–H and O–H groups in total. The van der Waals surface area contributed by atoms with Gasteiger partial charge in [0.25, 0.3) is 0 Å². The lowest BCUT2D eigenvalue weighted by molar-refractivity contribution is -0.116. The second kappa shape index (κ2) is 8.99. The fourth-order valence-corrected chi connectivity index (χ4v) is 3.02. The standard InChI is InChI=1S/C22H25N5O/c1-16-5-8-20(9-6-16)27-17(2)15-19(18(27)3)7-10-21(28)23-13-14-26-22-24-11-4-12-25-22/h4-12,15H,13-14H2,1-3H3,(H,23,28)(H,24,25,26). The van der Waals surface area contributed by atoms with E-state index in [9.17, 15) is 4.79 Å². The molecule has 144 valence electrons. The van der Waals surface area contributed by atoms with Crippen molar-refractivity contribution in [3.05, 3.63) is 77.4 Å². The molecule has 3 rings (SSSR count). The van der Waals surface area contributed by atoms with Crippen LogP contribution in [0.2, 0.25) is 0 Å². The Hall–Kier alpha value is -3.41. The van der Waals surface area contributed by atoms with Crippen LogP contribution < -0.4 is 10.6 Å². The molecule has 0 saturated carbocycles. The smallest absolute Gasteiger partial charge is 0.244 e. The molecule has 6 nitrogen and oxygen atoms in total. The van der Waals surface area contributed by atoms with E-state index in [1.54, 1.807) is 24.5 Å². The highest BCUT2D eigenvalue weighted by Crippen LogP contribution is 2.22. The fraction of sp³-hybridized carbons (Fsp3) is 0.227. The molecule has 0 saturated heterocycles. The number of aryl methyl sites for hydroxylation is 2. The maximum absolute atomic E-state index is 12.1. The van der Waals surface area contributed by atoms with E-state index in [4.69, 9.17) is 0 Å². The molecule has 0 aliphatic rings. The minimum absolute atomic E-state index is 0.129. The lowest BCUT2D eigenvalue weighted by Crippen LogP contribution is -2.27. The number of rotatable bonds is 7. The van der Waals surface area contributed by atoms with Gasteiger partial charge in [-0.3, -0.25) is 4.79 Å². The highest BCUT2D eigenvalue weighted by Gasteiger charge is 2.09. The van der Waals surface area contributed by atoms with Crippen molar-refractivity contribution in [3.63, 3.8) is 0 Å². The maximum Gasteiger partial charge on any atom is 0.244 e. The van der Waals surface area contributed by atoms with E-state index < -0.39 is 0 Å². The van der Waals surface area contributed by atoms with Gasteiger partial charge in [-0.25, -0.2) is 9.97 Å². The molecule has 0 aliphatic carbocycles.